The Bertz CT molecular complexity index is 418. The molecule has 0 aliphatic heterocycles. The van der Waals surface area contributed by atoms with Gasteiger partial charge in [0, 0.05) is 17.6 Å². The number of hydrogen-bond acceptors (Lipinski definition) is 3. The lowest BCUT2D eigenvalue weighted by molar-refractivity contribution is -0.122. The second-order valence-electron chi connectivity index (χ2n) is 4.80. The maximum atomic E-state index is 11.7. The maximum Gasteiger partial charge on any atom is 0.223 e. The number of halogens is 1. The molecule has 1 aromatic rings. The van der Waals surface area contributed by atoms with Gasteiger partial charge in [-0.2, -0.15) is 0 Å². The molecule has 1 aliphatic rings. The van der Waals surface area contributed by atoms with Crippen LogP contribution in [0.1, 0.15) is 19.3 Å². The third-order valence-electron chi connectivity index (χ3n) is 3.20. The fourth-order valence-corrected chi connectivity index (χ4v) is 2.07. The highest BCUT2D eigenvalue weighted by Crippen LogP contribution is 2.32. The minimum atomic E-state index is -0.00341. The van der Waals surface area contributed by atoms with E-state index >= 15 is 0 Å². The van der Waals surface area contributed by atoms with Crippen LogP contribution in [-0.2, 0) is 4.79 Å². The van der Waals surface area contributed by atoms with Gasteiger partial charge in [-0.05, 0) is 43.0 Å². The lowest BCUT2D eigenvalue weighted by Gasteiger charge is -2.16. The van der Waals surface area contributed by atoms with Crippen molar-refractivity contribution in [3.8, 4) is 5.75 Å². The number of ether oxygens (including phenoxy) is 1. The first kappa shape index (κ1) is 14.2. The first-order chi connectivity index (χ1) is 9.19. The molecule has 1 aliphatic carbocycles. The highest BCUT2D eigenvalue weighted by Gasteiger charge is 2.30. The Hall–Kier alpha value is -1.26. The molecule has 0 saturated heterocycles. The topological polar surface area (TPSA) is 64.3 Å². The van der Waals surface area contributed by atoms with Crippen molar-refractivity contribution >= 4 is 17.5 Å². The summed E-state index contributed by atoms with van der Waals surface area (Å²) in [5.41, 5.74) is 5.64. The van der Waals surface area contributed by atoms with Crippen LogP contribution in [-0.4, -0.2) is 25.1 Å². The van der Waals surface area contributed by atoms with Crippen LogP contribution in [0.25, 0.3) is 0 Å². The van der Waals surface area contributed by atoms with Crippen molar-refractivity contribution in [2.45, 2.75) is 25.3 Å². The number of benzene rings is 1. The van der Waals surface area contributed by atoms with E-state index in [-0.39, 0.29) is 11.9 Å². The van der Waals surface area contributed by atoms with Crippen molar-refractivity contribution in [3.05, 3.63) is 29.3 Å². The van der Waals surface area contributed by atoms with Crippen molar-refractivity contribution in [2.75, 3.05) is 13.2 Å². The maximum absolute atomic E-state index is 11.7. The Balaban J connectivity index is 1.67. The molecular weight excluding hydrogens is 264 g/mol. The molecular formula is C14H19ClN2O2. The molecule has 1 fully saturated rings. The van der Waals surface area contributed by atoms with E-state index in [2.05, 4.69) is 5.32 Å². The van der Waals surface area contributed by atoms with Gasteiger partial charge in [0.1, 0.15) is 5.75 Å². The van der Waals surface area contributed by atoms with E-state index < -0.39 is 0 Å². The molecule has 3 N–H and O–H groups in total. The molecule has 1 saturated carbocycles. The van der Waals surface area contributed by atoms with Crippen molar-refractivity contribution in [3.63, 3.8) is 0 Å². The van der Waals surface area contributed by atoms with E-state index in [1.165, 1.54) is 12.8 Å². The SMILES string of the molecule is NCC(NC(=O)CCOc1ccc(Cl)cc1)C1CC1. The van der Waals surface area contributed by atoms with Gasteiger partial charge in [-0.25, -0.2) is 0 Å². The molecule has 104 valence electrons. The van der Waals surface area contributed by atoms with Crippen LogP contribution in [0.15, 0.2) is 24.3 Å². The predicted octanol–water partition coefficient (Wildman–Crippen LogP) is 1.96. The second kappa shape index (κ2) is 6.78. The highest BCUT2D eigenvalue weighted by atomic mass is 35.5. The minimum absolute atomic E-state index is 0.00341. The molecule has 4 nitrogen and oxygen atoms in total. The number of hydrogen-bond donors (Lipinski definition) is 2. The summed E-state index contributed by atoms with van der Waals surface area (Å²) < 4.78 is 5.47. The normalized spacial score (nSPS) is 15.9. The number of amides is 1. The van der Waals surface area contributed by atoms with Gasteiger partial charge in [-0.3, -0.25) is 4.79 Å². The number of carbonyl (C=O) groups is 1. The molecule has 0 heterocycles. The lowest BCUT2D eigenvalue weighted by Crippen LogP contribution is -2.42. The van der Waals surface area contributed by atoms with E-state index in [0.717, 1.165) is 5.75 Å². The number of rotatable bonds is 7. The number of nitrogens with two attached hydrogens (primary N) is 1. The first-order valence-corrected chi connectivity index (χ1v) is 6.94. The molecule has 0 aromatic heterocycles. The second-order valence-corrected chi connectivity index (χ2v) is 5.24. The Morgan fingerprint density at radius 2 is 2.11 bits per heavy atom. The molecule has 19 heavy (non-hydrogen) atoms. The van der Waals surface area contributed by atoms with Gasteiger partial charge in [-0.15, -0.1) is 0 Å². The third kappa shape index (κ3) is 4.73. The minimum Gasteiger partial charge on any atom is -0.493 e. The summed E-state index contributed by atoms with van der Waals surface area (Å²) in [6, 6.07) is 7.21. The van der Waals surface area contributed by atoms with Gasteiger partial charge in [-0.1, -0.05) is 11.6 Å². The quantitative estimate of drug-likeness (QED) is 0.803. The summed E-state index contributed by atoms with van der Waals surface area (Å²) in [5, 5.41) is 3.63. The van der Waals surface area contributed by atoms with Crippen LogP contribution in [0.5, 0.6) is 5.75 Å². The highest BCUT2D eigenvalue weighted by molar-refractivity contribution is 6.30. The van der Waals surface area contributed by atoms with Crippen LogP contribution >= 0.6 is 11.6 Å². The van der Waals surface area contributed by atoms with Crippen LogP contribution < -0.4 is 15.8 Å². The summed E-state index contributed by atoms with van der Waals surface area (Å²) in [6.07, 6.45) is 2.68. The molecule has 2 rings (SSSR count). The summed E-state index contributed by atoms with van der Waals surface area (Å²) in [6.45, 7) is 0.865. The average Bonchev–Trinajstić information content (AvgIpc) is 3.23. The van der Waals surface area contributed by atoms with Gasteiger partial charge in [0.2, 0.25) is 5.91 Å². The van der Waals surface area contributed by atoms with Crippen molar-refractivity contribution in [1.82, 2.24) is 5.32 Å². The number of carbonyl (C=O) groups excluding carboxylic acids is 1. The Morgan fingerprint density at radius 1 is 1.42 bits per heavy atom. The van der Waals surface area contributed by atoms with Gasteiger partial charge in [0.15, 0.2) is 0 Å². The van der Waals surface area contributed by atoms with Gasteiger partial charge in [0.05, 0.1) is 13.0 Å². The smallest absolute Gasteiger partial charge is 0.223 e. The van der Waals surface area contributed by atoms with Gasteiger partial charge in [0.25, 0.3) is 0 Å². The zero-order valence-electron chi connectivity index (χ0n) is 10.8. The average molecular weight is 283 g/mol. The summed E-state index contributed by atoms with van der Waals surface area (Å²) >= 11 is 5.77. The largest absolute Gasteiger partial charge is 0.493 e. The van der Waals surface area contributed by atoms with Crippen molar-refractivity contribution in [1.29, 1.82) is 0 Å². The molecule has 0 bridgehead atoms. The predicted molar refractivity (Wildman–Crippen MR) is 75.3 cm³/mol. The van der Waals surface area contributed by atoms with E-state index in [9.17, 15) is 4.79 Å². The standard InChI is InChI=1S/C14H19ClN2O2/c15-11-3-5-12(6-4-11)19-8-7-14(18)17-13(9-16)10-1-2-10/h3-6,10,13H,1-2,7-9,16H2,(H,17,18). The lowest BCUT2D eigenvalue weighted by atomic mass is 10.2. The van der Waals surface area contributed by atoms with Crippen molar-refractivity contribution in [2.24, 2.45) is 11.7 Å². The van der Waals surface area contributed by atoms with Crippen LogP contribution in [0.2, 0.25) is 5.02 Å². The summed E-state index contributed by atoms with van der Waals surface area (Å²) in [7, 11) is 0. The molecule has 1 amide bonds. The molecule has 5 heteroatoms. The first-order valence-electron chi connectivity index (χ1n) is 6.57. The molecule has 0 radical (unpaired) electrons. The molecule has 1 aromatic carbocycles. The Morgan fingerprint density at radius 3 is 2.68 bits per heavy atom. The molecule has 0 spiro atoms. The zero-order chi connectivity index (χ0) is 13.7. The Kier molecular flexibility index (Phi) is 5.05. The van der Waals surface area contributed by atoms with Gasteiger partial charge >= 0.3 is 0 Å². The fraction of sp³-hybridized carbons (Fsp3) is 0.500. The monoisotopic (exact) mass is 282 g/mol. The van der Waals surface area contributed by atoms with Crippen LogP contribution in [0.3, 0.4) is 0 Å². The van der Waals surface area contributed by atoms with E-state index in [0.29, 0.717) is 30.5 Å². The zero-order valence-corrected chi connectivity index (χ0v) is 11.5. The number of nitrogens with one attached hydrogen (secondary N) is 1. The Labute approximate surface area is 118 Å². The third-order valence-corrected chi connectivity index (χ3v) is 3.45. The molecule has 1 atom stereocenters. The van der Waals surface area contributed by atoms with E-state index in [4.69, 9.17) is 22.1 Å². The van der Waals surface area contributed by atoms with Crippen molar-refractivity contribution < 1.29 is 9.53 Å². The fourth-order valence-electron chi connectivity index (χ4n) is 1.94. The van der Waals surface area contributed by atoms with Gasteiger partial charge < -0.3 is 15.8 Å². The van der Waals surface area contributed by atoms with Crippen LogP contribution in [0.4, 0.5) is 0 Å². The molecule has 1 unspecified atom stereocenters. The van der Waals surface area contributed by atoms with E-state index in [1.807, 2.05) is 0 Å². The van der Waals surface area contributed by atoms with E-state index in [1.54, 1.807) is 24.3 Å². The summed E-state index contributed by atoms with van der Waals surface area (Å²) in [4.78, 5) is 11.7. The van der Waals surface area contributed by atoms with Crippen LogP contribution in [0, 0.1) is 5.92 Å². The summed E-state index contributed by atoms with van der Waals surface area (Å²) in [5.74, 6) is 1.29.